The average molecular weight is 287 g/mol. The maximum atomic E-state index is 12.3. The molecule has 0 spiro atoms. The lowest BCUT2D eigenvalue weighted by atomic mass is 10.1. The van der Waals surface area contributed by atoms with E-state index < -0.39 is 11.7 Å². The molecule has 1 aliphatic heterocycles. The molecule has 5 heteroatoms. The molecule has 1 heterocycles. The predicted octanol–water partition coefficient (Wildman–Crippen LogP) is 1.13. The van der Waals surface area contributed by atoms with Gasteiger partial charge < -0.3 is 14.4 Å². The van der Waals surface area contributed by atoms with Crippen LogP contribution in [0, 0.1) is 12.3 Å². The largest absolute Gasteiger partial charge is 0.496 e. The van der Waals surface area contributed by atoms with Gasteiger partial charge in [0.15, 0.2) is 0 Å². The zero-order chi connectivity index (χ0) is 15.2. The lowest BCUT2D eigenvalue weighted by Crippen LogP contribution is -2.35. The van der Waals surface area contributed by atoms with Crippen LogP contribution in [0.1, 0.15) is 16.8 Å². The molecule has 0 saturated carbocycles. The van der Waals surface area contributed by atoms with Gasteiger partial charge in [0, 0.05) is 13.1 Å². The van der Waals surface area contributed by atoms with Gasteiger partial charge in [-0.3, -0.25) is 9.59 Å². The molecule has 1 aromatic carbocycles. The van der Waals surface area contributed by atoms with E-state index in [-0.39, 0.29) is 18.3 Å². The second-order valence-corrected chi connectivity index (χ2v) is 4.71. The van der Waals surface area contributed by atoms with Crippen LogP contribution in [-0.2, 0) is 9.53 Å². The number of carbonyl (C=O) groups is 2. The zero-order valence-electron chi connectivity index (χ0n) is 11.9. The second-order valence-electron chi connectivity index (χ2n) is 4.71. The van der Waals surface area contributed by atoms with E-state index >= 15 is 0 Å². The summed E-state index contributed by atoms with van der Waals surface area (Å²) in [5.74, 6) is 1.69. The summed E-state index contributed by atoms with van der Waals surface area (Å²) in [6.45, 7) is 1.10. The van der Waals surface area contributed by atoms with Gasteiger partial charge >= 0.3 is 0 Å². The van der Waals surface area contributed by atoms with E-state index in [1.165, 1.54) is 12.0 Å². The number of amides is 1. The highest BCUT2D eigenvalue weighted by atomic mass is 16.5. The number of likely N-dealkylation sites (tertiary alicyclic amines) is 1. The second kappa shape index (κ2) is 6.91. The summed E-state index contributed by atoms with van der Waals surface area (Å²) in [6, 6.07) is 6.69. The Morgan fingerprint density at radius 3 is 2.90 bits per heavy atom. The topological polar surface area (TPSA) is 55.8 Å². The Balaban J connectivity index is 2.04. The number of benzene rings is 1. The Kier molecular flexibility index (Phi) is 4.96. The van der Waals surface area contributed by atoms with Gasteiger partial charge in [-0.1, -0.05) is 18.1 Å². The molecular weight excluding hydrogens is 270 g/mol. The van der Waals surface area contributed by atoms with Crippen LogP contribution >= 0.6 is 0 Å². The molecule has 1 amide bonds. The molecular formula is C16H17NO4. The summed E-state index contributed by atoms with van der Waals surface area (Å²) in [5.41, 5.74) is 0.276. The zero-order valence-corrected chi connectivity index (χ0v) is 11.9. The van der Waals surface area contributed by atoms with Gasteiger partial charge in [-0.15, -0.1) is 6.42 Å². The van der Waals surface area contributed by atoms with E-state index in [2.05, 4.69) is 5.92 Å². The lowest BCUT2D eigenvalue weighted by Gasteiger charge is -2.16. The standard InChI is InChI=1S/C16H17NO4/c1-3-10-21-12-8-9-17(11-12)16(19)15(18)13-6-4-5-7-14(13)20-2/h1,4-7,12H,8-11H2,2H3/t12-/m1/s1. The van der Waals surface area contributed by atoms with E-state index in [1.54, 1.807) is 24.3 Å². The highest BCUT2D eigenvalue weighted by Crippen LogP contribution is 2.20. The van der Waals surface area contributed by atoms with Crippen LogP contribution in [0.15, 0.2) is 24.3 Å². The first-order valence-electron chi connectivity index (χ1n) is 6.69. The Morgan fingerprint density at radius 1 is 1.43 bits per heavy atom. The number of hydrogen-bond donors (Lipinski definition) is 0. The number of rotatable bonds is 5. The van der Waals surface area contributed by atoms with Crippen LogP contribution in [0.4, 0.5) is 0 Å². The molecule has 1 saturated heterocycles. The molecule has 1 atom stereocenters. The lowest BCUT2D eigenvalue weighted by molar-refractivity contribution is -0.125. The van der Waals surface area contributed by atoms with Crippen molar-refractivity contribution in [1.82, 2.24) is 4.90 Å². The van der Waals surface area contributed by atoms with Gasteiger partial charge in [0.25, 0.3) is 11.7 Å². The van der Waals surface area contributed by atoms with E-state index in [0.717, 1.165) is 0 Å². The Bertz CT molecular complexity index is 576. The number of nitrogens with zero attached hydrogens (tertiary/aromatic N) is 1. The van der Waals surface area contributed by atoms with Crippen LogP contribution < -0.4 is 4.74 Å². The predicted molar refractivity (Wildman–Crippen MR) is 77.1 cm³/mol. The molecule has 0 N–H and O–H groups in total. The van der Waals surface area contributed by atoms with Gasteiger partial charge in [-0.2, -0.15) is 0 Å². The number of para-hydroxylation sites is 1. The summed E-state index contributed by atoms with van der Waals surface area (Å²) in [5, 5.41) is 0. The number of ether oxygens (including phenoxy) is 2. The van der Waals surface area contributed by atoms with Crippen molar-refractivity contribution in [2.24, 2.45) is 0 Å². The first-order chi connectivity index (χ1) is 10.2. The van der Waals surface area contributed by atoms with Crippen LogP contribution in [-0.4, -0.2) is 49.5 Å². The summed E-state index contributed by atoms with van der Waals surface area (Å²) < 4.78 is 10.5. The van der Waals surface area contributed by atoms with Crippen molar-refractivity contribution in [3.05, 3.63) is 29.8 Å². The number of methoxy groups -OCH3 is 1. The van der Waals surface area contributed by atoms with E-state index in [1.807, 2.05) is 0 Å². The fourth-order valence-electron chi connectivity index (χ4n) is 2.31. The maximum Gasteiger partial charge on any atom is 0.295 e. The molecule has 21 heavy (non-hydrogen) atoms. The fourth-order valence-corrected chi connectivity index (χ4v) is 2.31. The van der Waals surface area contributed by atoms with Crippen LogP contribution in [0.3, 0.4) is 0 Å². The smallest absolute Gasteiger partial charge is 0.295 e. The number of hydrogen-bond acceptors (Lipinski definition) is 4. The summed E-state index contributed by atoms with van der Waals surface area (Å²) in [6.07, 6.45) is 5.72. The van der Waals surface area contributed by atoms with Gasteiger partial charge in [0.1, 0.15) is 12.4 Å². The van der Waals surface area contributed by atoms with Gasteiger partial charge in [-0.25, -0.2) is 0 Å². The summed E-state index contributed by atoms with van der Waals surface area (Å²) >= 11 is 0. The van der Waals surface area contributed by atoms with Gasteiger partial charge in [-0.05, 0) is 18.6 Å². The van der Waals surface area contributed by atoms with E-state index in [0.29, 0.717) is 25.3 Å². The van der Waals surface area contributed by atoms with Crippen molar-refractivity contribution in [3.63, 3.8) is 0 Å². The molecule has 2 rings (SSSR count). The number of carbonyl (C=O) groups excluding carboxylic acids is 2. The van der Waals surface area contributed by atoms with Gasteiger partial charge in [0.05, 0.1) is 18.8 Å². The van der Waals surface area contributed by atoms with Crippen molar-refractivity contribution >= 4 is 11.7 Å². The van der Waals surface area contributed by atoms with Crippen molar-refractivity contribution in [2.75, 3.05) is 26.8 Å². The summed E-state index contributed by atoms with van der Waals surface area (Å²) in [7, 11) is 1.47. The Labute approximate surface area is 123 Å². The Morgan fingerprint density at radius 2 is 2.19 bits per heavy atom. The maximum absolute atomic E-state index is 12.3. The normalized spacial score (nSPS) is 17.3. The molecule has 0 bridgehead atoms. The van der Waals surface area contributed by atoms with Crippen molar-refractivity contribution in [2.45, 2.75) is 12.5 Å². The average Bonchev–Trinajstić information content (AvgIpc) is 3.00. The molecule has 1 aliphatic rings. The number of Topliss-reactive ketones (excluding diaryl/α,β-unsaturated/α-hetero) is 1. The molecule has 0 unspecified atom stereocenters. The third-order valence-corrected chi connectivity index (χ3v) is 3.38. The van der Waals surface area contributed by atoms with Crippen molar-refractivity contribution < 1.29 is 19.1 Å². The van der Waals surface area contributed by atoms with E-state index in [4.69, 9.17) is 15.9 Å². The number of terminal acetylenes is 1. The number of ketones is 1. The first kappa shape index (κ1) is 15.1. The molecule has 5 nitrogen and oxygen atoms in total. The highest BCUT2D eigenvalue weighted by molar-refractivity contribution is 6.43. The third kappa shape index (κ3) is 3.41. The molecule has 1 fully saturated rings. The molecule has 0 radical (unpaired) electrons. The highest BCUT2D eigenvalue weighted by Gasteiger charge is 2.31. The SMILES string of the molecule is C#CCO[C@@H]1CCN(C(=O)C(=O)c2ccccc2OC)C1. The molecule has 1 aromatic rings. The monoisotopic (exact) mass is 287 g/mol. The minimum Gasteiger partial charge on any atom is -0.496 e. The van der Waals surface area contributed by atoms with Crippen molar-refractivity contribution in [1.29, 1.82) is 0 Å². The quantitative estimate of drug-likeness (QED) is 0.463. The molecule has 110 valence electrons. The van der Waals surface area contributed by atoms with Gasteiger partial charge in [0.2, 0.25) is 0 Å². The van der Waals surface area contributed by atoms with Crippen LogP contribution in [0.2, 0.25) is 0 Å². The van der Waals surface area contributed by atoms with Crippen LogP contribution in [0.5, 0.6) is 5.75 Å². The minimum atomic E-state index is -0.565. The molecule has 0 aromatic heterocycles. The van der Waals surface area contributed by atoms with Crippen LogP contribution in [0.25, 0.3) is 0 Å². The Hall–Kier alpha value is -2.32. The van der Waals surface area contributed by atoms with E-state index in [9.17, 15) is 9.59 Å². The first-order valence-corrected chi connectivity index (χ1v) is 6.69. The molecule has 0 aliphatic carbocycles. The van der Waals surface area contributed by atoms with Crippen molar-refractivity contribution in [3.8, 4) is 18.1 Å². The minimum absolute atomic E-state index is 0.101. The summed E-state index contributed by atoms with van der Waals surface area (Å²) in [4.78, 5) is 26.0. The third-order valence-electron chi connectivity index (χ3n) is 3.38. The fraction of sp³-hybridized carbons (Fsp3) is 0.375.